The summed E-state index contributed by atoms with van der Waals surface area (Å²) >= 11 is 1.46. The summed E-state index contributed by atoms with van der Waals surface area (Å²) in [5.74, 6) is -0.322. The van der Waals surface area contributed by atoms with Crippen LogP contribution in [-0.2, 0) is 6.54 Å². The summed E-state index contributed by atoms with van der Waals surface area (Å²) in [4.78, 5) is 30.5. The number of amides is 1. The SMILES string of the molecule is Cc1ccc(C)c2sc(N(Cc3ccccc3)C(=O)c3cccc([N+](=O)[O-])c3)nc12. The van der Waals surface area contributed by atoms with Crippen LogP contribution in [0.5, 0.6) is 0 Å². The maximum atomic E-state index is 13.4. The Labute approximate surface area is 177 Å². The fourth-order valence-electron chi connectivity index (χ4n) is 3.26. The summed E-state index contributed by atoms with van der Waals surface area (Å²) in [5, 5.41) is 11.7. The molecular formula is C23H19N3O3S. The molecule has 4 aromatic rings. The van der Waals surface area contributed by atoms with E-state index >= 15 is 0 Å². The van der Waals surface area contributed by atoms with Crippen molar-refractivity contribution in [2.45, 2.75) is 20.4 Å². The van der Waals surface area contributed by atoms with E-state index in [9.17, 15) is 14.9 Å². The van der Waals surface area contributed by atoms with Gasteiger partial charge >= 0.3 is 0 Å². The van der Waals surface area contributed by atoms with Crippen LogP contribution in [0.4, 0.5) is 10.8 Å². The molecule has 30 heavy (non-hydrogen) atoms. The maximum Gasteiger partial charge on any atom is 0.270 e. The van der Waals surface area contributed by atoms with Crippen LogP contribution in [0.25, 0.3) is 10.2 Å². The molecule has 0 unspecified atom stereocenters. The van der Waals surface area contributed by atoms with E-state index < -0.39 is 4.92 Å². The number of benzene rings is 3. The van der Waals surface area contributed by atoms with E-state index in [1.54, 1.807) is 11.0 Å². The molecule has 0 atom stereocenters. The van der Waals surface area contributed by atoms with Gasteiger partial charge in [-0.3, -0.25) is 19.8 Å². The molecular weight excluding hydrogens is 398 g/mol. The molecule has 0 radical (unpaired) electrons. The Bertz CT molecular complexity index is 1210. The van der Waals surface area contributed by atoms with Crippen molar-refractivity contribution in [3.63, 3.8) is 0 Å². The molecule has 0 saturated carbocycles. The quantitative estimate of drug-likeness (QED) is 0.310. The first-order valence-corrected chi connectivity index (χ1v) is 10.2. The minimum Gasteiger partial charge on any atom is -0.279 e. The molecule has 0 fully saturated rings. The van der Waals surface area contributed by atoms with Gasteiger partial charge in [-0.15, -0.1) is 0 Å². The molecule has 1 amide bonds. The first kappa shape index (κ1) is 19.7. The zero-order valence-electron chi connectivity index (χ0n) is 16.5. The van der Waals surface area contributed by atoms with E-state index in [0.29, 0.717) is 11.7 Å². The van der Waals surface area contributed by atoms with E-state index in [4.69, 9.17) is 4.98 Å². The monoisotopic (exact) mass is 417 g/mol. The molecule has 0 N–H and O–H groups in total. The lowest BCUT2D eigenvalue weighted by molar-refractivity contribution is -0.384. The number of nitrogens with zero attached hydrogens (tertiary/aromatic N) is 3. The predicted octanol–water partition coefficient (Wildman–Crippen LogP) is 5.67. The van der Waals surface area contributed by atoms with E-state index in [2.05, 4.69) is 0 Å². The van der Waals surface area contributed by atoms with Crippen LogP contribution in [0.15, 0.2) is 66.7 Å². The summed E-state index contributed by atoms with van der Waals surface area (Å²) in [6.45, 7) is 4.34. The third-order valence-corrected chi connectivity index (χ3v) is 6.11. The van der Waals surface area contributed by atoms with Crippen molar-refractivity contribution in [3.8, 4) is 0 Å². The van der Waals surface area contributed by atoms with Crippen LogP contribution in [0, 0.1) is 24.0 Å². The van der Waals surface area contributed by atoms with Crippen LogP contribution < -0.4 is 4.90 Å². The van der Waals surface area contributed by atoms with Crippen molar-refractivity contribution in [2.24, 2.45) is 0 Å². The molecule has 150 valence electrons. The number of nitro groups is 1. The summed E-state index contributed by atoms with van der Waals surface area (Å²) in [5.41, 5.74) is 4.11. The number of carbonyl (C=O) groups is 1. The molecule has 1 aromatic heterocycles. The molecule has 0 bridgehead atoms. The van der Waals surface area contributed by atoms with Gasteiger partial charge in [-0.2, -0.15) is 0 Å². The third-order valence-electron chi connectivity index (χ3n) is 4.89. The Morgan fingerprint density at radius 1 is 1.03 bits per heavy atom. The van der Waals surface area contributed by atoms with Gasteiger partial charge in [-0.05, 0) is 36.6 Å². The molecule has 4 rings (SSSR count). The number of hydrogen-bond donors (Lipinski definition) is 0. The highest BCUT2D eigenvalue weighted by molar-refractivity contribution is 7.22. The summed E-state index contributed by atoms with van der Waals surface area (Å²) in [6, 6.07) is 19.5. The highest BCUT2D eigenvalue weighted by atomic mass is 32.1. The number of nitro benzene ring substituents is 1. The van der Waals surface area contributed by atoms with Gasteiger partial charge in [-0.1, -0.05) is 59.9 Å². The van der Waals surface area contributed by atoms with E-state index in [1.807, 2.05) is 56.3 Å². The largest absolute Gasteiger partial charge is 0.279 e. The standard InChI is InChI=1S/C23H19N3O3S/c1-15-11-12-16(2)21-20(15)24-23(30-21)25(14-17-7-4-3-5-8-17)22(27)18-9-6-10-19(13-18)26(28)29/h3-13H,14H2,1-2H3. The number of anilines is 1. The number of thiazole rings is 1. The number of carbonyl (C=O) groups excluding carboxylic acids is 1. The van der Waals surface area contributed by atoms with Crippen molar-refractivity contribution in [1.29, 1.82) is 0 Å². The average molecular weight is 417 g/mol. The van der Waals surface area contributed by atoms with Crippen molar-refractivity contribution < 1.29 is 9.72 Å². The lowest BCUT2D eigenvalue weighted by Crippen LogP contribution is -2.30. The fourth-order valence-corrected chi connectivity index (χ4v) is 4.37. The van der Waals surface area contributed by atoms with Crippen molar-refractivity contribution >= 4 is 38.3 Å². The van der Waals surface area contributed by atoms with Gasteiger partial charge < -0.3 is 0 Å². The Balaban J connectivity index is 1.82. The molecule has 0 saturated heterocycles. The van der Waals surface area contributed by atoms with E-state index in [-0.39, 0.29) is 17.2 Å². The molecule has 0 aliphatic carbocycles. The molecule has 0 aliphatic rings. The minimum absolute atomic E-state index is 0.114. The highest BCUT2D eigenvalue weighted by Crippen LogP contribution is 2.34. The molecule has 0 spiro atoms. The molecule has 6 nitrogen and oxygen atoms in total. The average Bonchev–Trinajstić information content (AvgIpc) is 3.21. The van der Waals surface area contributed by atoms with Crippen LogP contribution >= 0.6 is 11.3 Å². The number of non-ortho nitro benzene ring substituents is 1. The minimum atomic E-state index is -0.497. The second kappa shape index (κ2) is 8.04. The number of aryl methyl sites for hydroxylation is 2. The Hall–Kier alpha value is -3.58. The summed E-state index contributed by atoms with van der Waals surface area (Å²) in [6.07, 6.45) is 0. The second-order valence-corrected chi connectivity index (χ2v) is 8.04. The van der Waals surface area contributed by atoms with Gasteiger partial charge in [-0.25, -0.2) is 4.98 Å². The first-order valence-electron chi connectivity index (χ1n) is 9.41. The predicted molar refractivity (Wildman–Crippen MR) is 119 cm³/mol. The number of hydrogen-bond acceptors (Lipinski definition) is 5. The van der Waals surface area contributed by atoms with Crippen LogP contribution in [0.1, 0.15) is 27.0 Å². The van der Waals surface area contributed by atoms with Crippen LogP contribution in [0.3, 0.4) is 0 Å². The van der Waals surface area contributed by atoms with Crippen molar-refractivity contribution in [3.05, 3.63) is 99.1 Å². The van der Waals surface area contributed by atoms with Gasteiger partial charge in [0.15, 0.2) is 5.13 Å². The van der Waals surface area contributed by atoms with Gasteiger partial charge in [0, 0.05) is 17.7 Å². The number of aromatic nitrogens is 1. The van der Waals surface area contributed by atoms with Gasteiger partial charge in [0.05, 0.1) is 21.7 Å². The Morgan fingerprint density at radius 3 is 2.47 bits per heavy atom. The van der Waals surface area contributed by atoms with E-state index in [1.165, 1.54) is 29.5 Å². The number of fused-ring (bicyclic) bond motifs is 1. The van der Waals surface area contributed by atoms with Gasteiger partial charge in [0.25, 0.3) is 11.6 Å². The van der Waals surface area contributed by atoms with Gasteiger partial charge in [0.1, 0.15) is 0 Å². The normalized spacial score (nSPS) is 10.9. The smallest absolute Gasteiger partial charge is 0.270 e. The Morgan fingerprint density at radius 2 is 1.77 bits per heavy atom. The van der Waals surface area contributed by atoms with Crippen LogP contribution in [-0.4, -0.2) is 15.8 Å². The molecule has 3 aromatic carbocycles. The van der Waals surface area contributed by atoms with Crippen LogP contribution in [0.2, 0.25) is 0 Å². The second-order valence-electron chi connectivity index (χ2n) is 7.06. The zero-order valence-corrected chi connectivity index (χ0v) is 17.3. The Kier molecular flexibility index (Phi) is 5.29. The molecule has 1 heterocycles. The maximum absolute atomic E-state index is 13.4. The molecule has 0 aliphatic heterocycles. The van der Waals surface area contributed by atoms with Crippen molar-refractivity contribution in [2.75, 3.05) is 4.90 Å². The molecule has 7 heteroatoms. The number of rotatable bonds is 5. The fraction of sp³-hybridized carbons (Fsp3) is 0.130. The lowest BCUT2D eigenvalue weighted by Gasteiger charge is -2.20. The first-order chi connectivity index (χ1) is 14.4. The highest BCUT2D eigenvalue weighted by Gasteiger charge is 2.24. The lowest BCUT2D eigenvalue weighted by atomic mass is 10.1. The summed E-state index contributed by atoms with van der Waals surface area (Å²) < 4.78 is 1.04. The summed E-state index contributed by atoms with van der Waals surface area (Å²) in [7, 11) is 0. The van der Waals surface area contributed by atoms with Crippen molar-refractivity contribution in [1.82, 2.24) is 4.98 Å². The third kappa shape index (κ3) is 3.79. The van der Waals surface area contributed by atoms with E-state index in [0.717, 1.165) is 26.9 Å². The topological polar surface area (TPSA) is 76.3 Å². The van der Waals surface area contributed by atoms with Gasteiger partial charge in [0.2, 0.25) is 0 Å². The zero-order chi connectivity index (χ0) is 21.3.